The number of carbonyl (C=O) groups is 1. The van der Waals surface area contributed by atoms with E-state index in [1.54, 1.807) is 0 Å². The van der Waals surface area contributed by atoms with Crippen molar-refractivity contribution in [2.75, 3.05) is 19.6 Å². The molecule has 2 aliphatic rings. The second-order valence-electron chi connectivity index (χ2n) is 7.37. The van der Waals surface area contributed by atoms with Crippen LogP contribution in [0, 0.1) is 17.3 Å². The molecule has 2 unspecified atom stereocenters. The Hall–Kier alpha value is -0.280. The number of nitrogens with zero attached hydrogens (tertiary/aromatic N) is 1. The van der Waals surface area contributed by atoms with Gasteiger partial charge in [0.05, 0.1) is 0 Å². The second kappa shape index (κ2) is 8.38. The predicted molar refractivity (Wildman–Crippen MR) is 90.6 cm³/mol. The van der Waals surface area contributed by atoms with Crippen LogP contribution in [0.3, 0.4) is 0 Å². The van der Waals surface area contributed by atoms with E-state index >= 15 is 0 Å². The van der Waals surface area contributed by atoms with E-state index in [1.165, 1.54) is 32.1 Å². The minimum Gasteiger partial charge on any atom is -0.342 e. The fourth-order valence-electron chi connectivity index (χ4n) is 3.90. The normalized spacial score (nSPS) is 28.2. The van der Waals surface area contributed by atoms with E-state index < -0.39 is 0 Å². The summed E-state index contributed by atoms with van der Waals surface area (Å²) < 4.78 is 0. The van der Waals surface area contributed by atoms with Crippen molar-refractivity contribution in [2.24, 2.45) is 23.0 Å². The molecule has 124 valence electrons. The van der Waals surface area contributed by atoms with Gasteiger partial charge in [-0.1, -0.05) is 46.0 Å². The SMILES string of the molecule is CCC(CC1CCCCC1)C(=O)N1CCC(C)(CN)C1.Cl. The van der Waals surface area contributed by atoms with Crippen LogP contribution in [-0.2, 0) is 4.79 Å². The highest BCUT2D eigenvalue weighted by Crippen LogP contribution is 2.33. The topological polar surface area (TPSA) is 46.3 Å². The molecular weight excluding hydrogens is 284 g/mol. The summed E-state index contributed by atoms with van der Waals surface area (Å²) >= 11 is 0. The highest BCUT2D eigenvalue weighted by atomic mass is 35.5. The Morgan fingerprint density at radius 3 is 2.52 bits per heavy atom. The zero-order chi connectivity index (χ0) is 14.6. The average molecular weight is 317 g/mol. The van der Waals surface area contributed by atoms with Gasteiger partial charge in [-0.2, -0.15) is 0 Å². The third kappa shape index (κ3) is 4.85. The van der Waals surface area contributed by atoms with E-state index in [4.69, 9.17) is 5.73 Å². The quantitative estimate of drug-likeness (QED) is 0.842. The van der Waals surface area contributed by atoms with Gasteiger partial charge in [0.1, 0.15) is 0 Å². The van der Waals surface area contributed by atoms with E-state index in [0.29, 0.717) is 12.5 Å². The smallest absolute Gasteiger partial charge is 0.225 e. The Morgan fingerprint density at radius 2 is 2.00 bits per heavy atom. The minimum absolute atomic E-state index is 0. The van der Waals surface area contributed by atoms with E-state index in [1.807, 2.05) is 0 Å². The Bertz CT molecular complexity index is 331. The van der Waals surface area contributed by atoms with Gasteiger partial charge in [-0.05, 0) is 37.1 Å². The molecule has 0 aromatic heterocycles. The summed E-state index contributed by atoms with van der Waals surface area (Å²) in [5, 5.41) is 0. The molecule has 2 rings (SSSR count). The molecule has 0 spiro atoms. The van der Waals surface area contributed by atoms with E-state index in [9.17, 15) is 4.79 Å². The maximum absolute atomic E-state index is 12.7. The summed E-state index contributed by atoms with van der Waals surface area (Å²) in [4.78, 5) is 14.8. The first-order chi connectivity index (χ1) is 9.58. The first kappa shape index (κ1) is 18.8. The van der Waals surface area contributed by atoms with E-state index in [0.717, 1.165) is 38.3 Å². The van der Waals surface area contributed by atoms with Gasteiger partial charge in [0, 0.05) is 19.0 Å². The van der Waals surface area contributed by atoms with Gasteiger partial charge in [0.2, 0.25) is 5.91 Å². The van der Waals surface area contributed by atoms with Crippen LogP contribution in [0.4, 0.5) is 0 Å². The Balaban J connectivity index is 0.00000220. The molecule has 4 heteroatoms. The Labute approximate surface area is 136 Å². The molecule has 3 nitrogen and oxygen atoms in total. The molecule has 21 heavy (non-hydrogen) atoms. The Kier molecular flexibility index (Phi) is 7.49. The maximum atomic E-state index is 12.7. The van der Waals surface area contributed by atoms with Crippen molar-refractivity contribution in [2.45, 2.75) is 65.2 Å². The molecule has 0 bridgehead atoms. The lowest BCUT2D eigenvalue weighted by Gasteiger charge is -2.29. The average Bonchev–Trinajstić information content (AvgIpc) is 2.88. The second-order valence-corrected chi connectivity index (χ2v) is 7.37. The van der Waals surface area contributed by atoms with E-state index in [-0.39, 0.29) is 23.7 Å². The molecule has 1 aliphatic carbocycles. The summed E-state index contributed by atoms with van der Waals surface area (Å²) in [7, 11) is 0. The third-order valence-corrected chi connectivity index (χ3v) is 5.55. The van der Waals surface area contributed by atoms with Gasteiger partial charge in [-0.25, -0.2) is 0 Å². The summed E-state index contributed by atoms with van der Waals surface area (Å²) in [5.74, 6) is 1.44. The van der Waals surface area contributed by atoms with Crippen molar-refractivity contribution in [3.8, 4) is 0 Å². The molecule has 0 aromatic rings. The first-order valence-corrected chi connectivity index (χ1v) is 8.57. The number of amides is 1. The molecule has 2 N–H and O–H groups in total. The number of nitrogens with two attached hydrogens (primary N) is 1. The number of carbonyl (C=O) groups excluding carboxylic acids is 1. The zero-order valence-corrected chi connectivity index (χ0v) is 14.6. The highest BCUT2D eigenvalue weighted by Gasteiger charge is 2.37. The van der Waals surface area contributed by atoms with Crippen LogP contribution >= 0.6 is 12.4 Å². The largest absolute Gasteiger partial charge is 0.342 e. The van der Waals surface area contributed by atoms with Crippen LogP contribution in [0.2, 0.25) is 0 Å². The number of rotatable bonds is 5. The molecule has 1 saturated carbocycles. The van der Waals surface area contributed by atoms with Crippen molar-refractivity contribution in [1.82, 2.24) is 4.90 Å². The summed E-state index contributed by atoms with van der Waals surface area (Å²) in [5.41, 5.74) is 6.00. The molecule has 1 saturated heterocycles. The molecule has 1 heterocycles. The summed E-state index contributed by atoms with van der Waals surface area (Å²) in [6.45, 7) is 6.85. The van der Waals surface area contributed by atoms with Crippen molar-refractivity contribution in [3.63, 3.8) is 0 Å². The molecular formula is C17H33ClN2O. The zero-order valence-electron chi connectivity index (χ0n) is 13.8. The lowest BCUT2D eigenvalue weighted by atomic mass is 9.81. The minimum atomic E-state index is 0. The molecule has 2 atom stereocenters. The maximum Gasteiger partial charge on any atom is 0.225 e. The molecule has 0 aromatic carbocycles. The fraction of sp³-hybridized carbons (Fsp3) is 0.941. The lowest BCUT2D eigenvalue weighted by Crippen LogP contribution is -2.38. The predicted octanol–water partition coefficient (Wildman–Crippen LogP) is 3.60. The Morgan fingerprint density at radius 1 is 1.33 bits per heavy atom. The number of hydrogen-bond acceptors (Lipinski definition) is 2. The van der Waals surface area contributed by atoms with Gasteiger partial charge in [0.15, 0.2) is 0 Å². The van der Waals surface area contributed by atoms with Crippen LogP contribution in [0.25, 0.3) is 0 Å². The number of halogens is 1. The summed E-state index contributed by atoms with van der Waals surface area (Å²) in [6.07, 6.45) is 9.97. The molecule has 1 aliphatic heterocycles. The van der Waals surface area contributed by atoms with Gasteiger partial charge >= 0.3 is 0 Å². The van der Waals surface area contributed by atoms with Crippen LogP contribution in [0.5, 0.6) is 0 Å². The highest BCUT2D eigenvalue weighted by molar-refractivity contribution is 5.85. The van der Waals surface area contributed by atoms with E-state index in [2.05, 4.69) is 18.7 Å². The fourth-order valence-corrected chi connectivity index (χ4v) is 3.90. The summed E-state index contributed by atoms with van der Waals surface area (Å²) in [6, 6.07) is 0. The first-order valence-electron chi connectivity index (χ1n) is 8.57. The van der Waals surface area contributed by atoms with Crippen LogP contribution in [0.15, 0.2) is 0 Å². The lowest BCUT2D eigenvalue weighted by molar-refractivity contribution is -0.135. The van der Waals surface area contributed by atoms with Gasteiger partial charge in [-0.3, -0.25) is 4.79 Å². The molecule has 0 radical (unpaired) electrons. The van der Waals surface area contributed by atoms with Crippen molar-refractivity contribution >= 4 is 18.3 Å². The number of hydrogen-bond donors (Lipinski definition) is 1. The monoisotopic (exact) mass is 316 g/mol. The van der Waals surface area contributed by atoms with Crippen LogP contribution in [0.1, 0.15) is 65.2 Å². The van der Waals surface area contributed by atoms with Crippen LogP contribution < -0.4 is 5.73 Å². The standard InChI is InChI=1S/C17H32N2O.ClH/c1-3-15(11-14-7-5-4-6-8-14)16(20)19-10-9-17(2,12-18)13-19;/h14-15H,3-13,18H2,1-2H3;1H. The van der Waals surface area contributed by atoms with Crippen LogP contribution in [-0.4, -0.2) is 30.4 Å². The van der Waals surface area contributed by atoms with Gasteiger partial charge in [0.25, 0.3) is 0 Å². The van der Waals surface area contributed by atoms with Gasteiger partial charge in [-0.15, -0.1) is 12.4 Å². The van der Waals surface area contributed by atoms with Crippen molar-refractivity contribution < 1.29 is 4.79 Å². The third-order valence-electron chi connectivity index (χ3n) is 5.55. The van der Waals surface area contributed by atoms with Crippen molar-refractivity contribution in [1.29, 1.82) is 0 Å². The van der Waals surface area contributed by atoms with Crippen molar-refractivity contribution in [3.05, 3.63) is 0 Å². The molecule has 1 amide bonds. The number of likely N-dealkylation sites (tertiary alicyclic amines) is 1. The van der Waals surface area contributed by atoms with Gasteiger partial charge < -0.3 is 10.6 Å². The molecule has 2 fully saturated rings.